The fourth-order valence-electron chi connectivity index (χ4n) is 15.4. The Kier molecular flexibility index (Phi) is 37.8. The predicted molar refractivity (Wildman–Crippen MR) is 445 cm³/mol. The number of carboxylic acid groups (broad SMARTS) is 2. The third-order valence-corrected chi connectivity index (χ3v) is 24.3. The van der Waals surface area contributed by atoms with Gasteiger partial charge in [-0.1, -0.05) is 305 Å². The number of alkyl carbamates (subject to hydrolysis) is 2. The number of benzene rings is 7. The van der Waals surface area contributed by atoms with Gasteiger partial charge in [-0.2, -0.15) is 11.8 Å². The second kappa shape index (κ2) is 48.5. The predicted octanol–water partition coefficient (Wildman–Crippen LogP) is 18.8. The van der Waals surface area contributed by atoms with Crippen molar-refractivity contribution in [3.05, 3.63) is 227 Å². The highest BCUT2D eigenvalue weighted by Crippen LogP contribution is 2.50. The summed E-state index contributed by atoms with van der Waals surface area (Å²) in [6.45, 7) is 6.98. The van der Waals surface area contributed by atoms with E-state index in [4.69, 9.17) is 23.7 Å². The number of hydrogen-bond acceptors (Lipinski definition) is 13. The number of unbranched alkanes of at least 4 members (excludes halogenated alkanes) is 14. The first-order chi connectivity index (χ1) is 54.4. The molecule has 0 bridgehead atoms. The Morgan fingerprint density at radius 3 is 1.14 bits per heavy atom. The van der Waals surface area contributed by atoms with E-state index in [0.717, 1.165) is 119 Å². The Hall–Kier alpha value is -8.46. The molecule has 4 amide bonds. The van der Waals surface area contributed by atoms with Crippen molar-refractivity contribution in [2.75, 3.05) is 83.2 Å². The van der Waals surface area contributed by atoms with Gasteiger partial charge in [0.1, 0.15) is 25.3 Å². The van der Waals surface area contributed by atoms with Crippen LogP contribution in [-0.2, 0) is 47.6 Å². The number of rotatable bonds is 55. The van der Waals surface area contributed by atoms with Gasteiger partial charge in [0.25, 0.3) is 0 Å². The van der Waals surface area contributed by atoms with Gasteiger partial charge in [0.2, 0.25) is 11.8 Å². The quantitative estimate of drug-likeness (QED) is 0.0154. The molecule has 7 aromatic rings. The van der Waals surface area contributed by atoms with Gasteiger partial charge < -0.3 is 55.2 Å². The number of amides is 4. The number of carboxylic acids is 2. The molecule has 0 spiro atoms. The van der Waals surface area contributed by atoms with E-state index in [1.165, 1.54) is 56.7 Å². The highest BCUT2D eigenvalue weighted by Gasteiger charge is 2.40. The maximum absolute atomic E-state index is 14.4. The van der Waals surface area contributed by atoms with Crippen molar-refractivity contribution in [3.8, 4) is 22.3 Å². The summed E-state index contributed by atoms with van der Waals surface area (Å²) < 4.78 is 28.8. The van der Waals surface area contributed by atoms with Gasteiger partial charge in [-0.05, 0) is 105 Å². The Balaban J connectivity index is 0.736. The first-order valence-corrected chi connectivity index (χ1v) is 42.9. The van der Waals surface area contributed by atoms with Crippen LogP contribution in [0.5, 0.6) is 0 Å². The van der Waals surface area contributed by atoms with Gasteiger partial charge in [0.05, 0.1) is 43.0 Å². The van der Waals surface area contributed by atoms with E-state index in [1.807, 2.05) is 115 Å². The third kappa shape index (κ3) is 26.9. The first-order valence-electron chi connectivity index (χ1n) is 40.8. The topological polar surface area (TPSA) is 237 Å². The molecule has 2 aliphatic carbocycles. The van der Waals surface area contributed by atoms with E-state index >= 15 is 0 Å². The highest BCUT2D eigenvalue weighted by atomic mass is 32.2. The maximum Gasteiger partial charge on any atom is 0.407 e. The van der Waals surface area contributed by atoms with Crippen LogP contribution in [0.15, 0.2) is 188 Å². The molecule has 0 aliphatic heterocycles. The number of hydrogen-bond donors (Lipinski definition) is 6. The fourth-order valence-corrected chi connectivity index (χ4v) is 18.3. The van der Waals surface area contributed by atoms with Gasteiger partial charge in [-0.3, -0.25) is 19.2 Å². The molecular weight excluding hydrogens is 1430 g/mol. The number of ether oxygens (including phenoxy) is 5. The highest BCUT2D eigenvalue weighted by molar-refractivity contribution is 8.00. The summed E-state index contributed by atoms with van der Waals surface area (Å²) in [6, 6.07) is 61.1. The van der Waals surface area contributed by atoms with Crippen LogP contribution < -0.4 is 21.3 Å². The average Bonchev–Trinajstić information content (AvgIpc) is 1.19. The van der Waals surface area contributed by atoms with Crippen molar-refractivity contribution in [1.29, 1.82) is 0 Å². The minimum atomic E-state index is -1.05. The lowest BCUT2D eigenvalue weighted by molar-refractivity contribution is -0.147. The second-order valence-electron chi connectivity index (χ2n) is 29.3. The minimum Gasteiger partial charge on any atom is -0.481 e. The molecule has 2 aliphatic rings. The number of nitrogens with one attached hydrogen (secondary N) is 4. The lowest BCUT2D eigenvalue weighted by atomic mass is 9.81. The molecule has 7 aromatic carbocycles. The van der Waals surface area contributed by atoms with Crippen molar-refractivity contribution in [2.24, 2.45) is 17.8 Å². The molecule has 3 unspecified atom stereocenters. The van der Waals surface area contributed by atoms with Crippen LogP contribution in [0.25, 0.3) is 22.3 Å². The Bertz CT molecular complexity index is 3740. The van der Waals surface area contributed by atoms with Crippen molar-refractivity contribution in [2.45, 2.75) is 177 Å². The number of aliphatic carboxylic acids is 2. The number of carbonyl (C=O) groups excluding carboxylic acids is 4. The SMILES string of the molecule is CCCCCCCCCCC(C[C@@H](CSC[C@H](NC(=O)OCC1c2ccccc2-c2ccccc21)C(=O)NCCCOCCOCCOCCCNC(=O)C(CSC(c1ccccc1)(c1ccccc1)c1ccccc1)NC(=O)OCC1c2ccccc2-c2ccccc21)C(CCCCCCCCCC)C(=O)O)C(=O)O. The summed E-state index contributed by atoms with van der Waals surface area (Å²) in [5.41, 5.74) is 11.8. The minimum absolute atomic E-state index is 0.0488. The molecule has 0 saturated carbocycles. The van der Waals surface area contributed by atoms with Crippen LogP contribution in [0.2, 0.25) is 0 Å². The zero-order valence-corrected chi connectivity index (χ0v) is 66.8. The largest absolute Gasteiger partial charge is 0.481 e. The Morgan fingerprint density at radius 1 is 0.396 bits per heavy atom. The molecule has 0 radical (unpaired) electrons. The van der Waals surface area contributed by atoms with E-state index in [2.05, 4.69) is 108 Å². The normalized spacial score (nSPS) is 13.7. The monoisotopic (exact) mass is 1550 g/mol. The zero-order chi connectivity index (χ0) is 78.1. The van der Waals surface area contributed by atoms with Gasteiger partial charge in [-0.15, -0.1) is 11.8 Å². The summed E-state index contributed by atoms with van der Waals surface area (Å²) in [7, 11) is 0. The summed E-state index contributed by atoms with van der Waals surface area (Å²) in [6.07, 6.45) is 17.8. The van der Waals surface area contributed by atoms with Crippen molar-refractivity contribution >= 4 is 59.5 Å². The van der Waals surface area contributed by atoms with Gasteiger partial charge >= 0.3 is 24.1 Å². The molecule has 596 valence electrons. The van der Waals surface area contributed by atoms with Gasteiger partial charge in [-0.25, -0.2) is 9.59 Å². The zero-order valence-electron chi connectivity index (χ0n) is 65.2. The smallest absolute Gasteiger partial charge is 0.407 e. The third-order valence-electron chi connectivity index (χ3n) is 21.4. The van der Waals surface area contributed by atoms with Crippen LogP contribution in [0, 0.1) is 17.8 Å². The average molecular weight is 1550 g/mol. The molecule has 111 heavy (non-hydrogen) atoms. The molecule has 0 aromatic heterocycles. The number of thioether (sulfide) groups is 2. The molecule has 5 atom stereocenters. The van der Waals surface area contributed by atoms with Crippen molar-refractivity contribution < 1.29 is 62.7 Å². The fraction of sp³-hybridized carbons (Fsp3) is 0.478. The number of fused-ring (bicyclic) bond motifs is 6. The van der Waals surface area contributed by atoms with E-state index < -0.39 is 64.6 Å². The van der Waals surface area contributed by atoms with Crippen LogP contribution in [-0.4, -0.2) is 141 Å². The maximum atomic E-state index is 14.4. The summed E-state index contributed by atoms with van der Waals surface area (Å²) >= 11 is 2.94. The summed E-state index contributed by atoms with van der Waals surface area (Å²) in [5.74, 6) is -4.32. The summed E-state index contributed by atoms with van der Waals surface area (Å²) in [5, 5.41) is 33.3. The molecule has 6 N–H and O–H groups in total. The van der Waals surface area contributed by atoms with E-state index in [1.54, 1.807) is 11.8 Å². The Labute approximate surface area is 667 Å². The van der Waals surface area contributed by atoms with Gasteiger partial charge in [0.15, 0.2) is 0 Å². The van der Waals surface area contributed by atoms with E-state index in [0.29, 0.717) is 77.6 Å². The van der Waals surface area contributed by atoms with Crippen LogP contribution in [0.1, 0.15) is 199 Å². The molecule has 0 heterocycles. The van der Waals surface area contributed by atoms with Crippen molar-refractivity contribution in [1.82, 2.24) is 21.3 Å². The lowest BCUT2D eigenvalue weighted by Gasteiger charge is -2.36. The molecule has 0 fully saturated rings. The van der Waals surface area contributed by atoms with E-state index in [9.17, 15) is 39.0 Å². The Morgan fingerprint density at radius 2 is 0.748 bits per heavy atom. The second-order valence-corrected chi connectivity index (χ2v) is 31.6. The standard InChI is InChI=1S/C92H118N4O13S2/c1-3-5-7-9-11-13-15-20-38-68(88(99)100)62-69(73(89(101)102)45-27-16-14-12-10-8-6-4-2)65-110-66-84(95-90(103)108-63-82-78-50-32-28-46-74(78)75-47-29-33-51-79(75)82)86(97)93-54-36-56-105-58-60-107-61-59-106-57-37-55-94-87(98)85(96-91(104)109-64-83-80-52-34-30-48-76(80)77-49-31-35-53-81(77)83)67-111-92(70-39-21-17-22-40-70,71-41-23-18-24-42-71)72-43-25-19-26-44-72/h17-19,21-26,28-35,39-44,46-53,68-69,73,82-85H,3-16,20,27,36-38,45,54-67H2,1-2H3,(H,93,97)(H,94,98)(H,95,103)(H,96,104)(H,99,100)(H,101,102)/t68?,69-,73?,84-,85?/m0/s1. The molecule has 17 nitrogen and oxygen atoms in total. The van der Waals surface area contributed by atoms with Crippen LogP contribution in [0.3, 0.4) is 0 Å². The molecular formula is C92H118N4O13S2. The lowest BCUT2D eigenvalue weighted by Crippen LogP contribution is -2.49. The van der Waals surface area contributed by atoms with Gasteiger partial charge in [0, 0.05) is 49.6 Å². The van der Waals surface area contributed by atoms with Crippen molar-refractivity contribution in [3.63, 3.8) is 0 Å². The van der Waals surface area contributed by atoms with E-state index in [-0.39, 0.29) is 55.4 Å². The van der Waals surface area contributed by atoms with Crippen LogP contribution in [0.4, 0.5) is 9.59 Å². The van der Waals surface area contributed by atoms with Crippen LogP contribution >= 0.6 is 23.5 Å². The number of carbonyl (C=O) groups is 6. The molecule has 19 heteroatoms. The summed E-state index contributed by atoms with van der Waals surface area (Å²) in [4.78, 5) is 82.7. The first kappa shape index (κ1) is 86.5. The molecule has 9 rings (SSSR count). The molecule has 0 saturated heterocycles.